The highest BCUT2D eigenvalue weighted by atomic mass is 32.1. The van der Waals surface area contributed by atoms with Gasteiger partial charge in [-0.2, -0.15) is 0 Å². The lowest BCUT2D eigenvalue weighted by Gasteiger charge is -2.09. The van der Waals surface area contributed by atoms with Crippen LogP contribution in [0.4, 0.5) is 5.82 Å². The van der Waals surface area contributed by atoms with Gasteiger partial charge in [0.1, 0.15) is 16.4 Å². The number of benzene rings is 1. The maximum absolute atomic E-state index is 12.1. The minimum Gasteiger partial charge on any atom is -0.383 e. The lowest BCUT2D eigenvalue weighted by molar-refractivity contribution is 0.0966. The summed E-state index contributed by atoms with van der Waals surface area (Å²) < 4.78 is 7.17. The van der Waals surface area contributed by atoms with Crippen LogP contribution in [0.15, 0.2) is 24.3 Å². The van der Waals surface area contributed by atoms with E-state index in [1.54, 1.807) is 14.2 Å². The third-order valence-corrected chi connectivity index (χ3v) is 5.17. The summed E-state index contributed by atoms with van der Waals surface area (Å²) in [5.74, 6) is 0.800. The largest absolute Gasteiger partial charge is 0.383 e. The molecule has 2 aromatic heterocycles. The topological polar surface area (TPSA) is 67.7 Å². The molecule has 25 heavy (non-hydrogen) atoms. The van der Waals surface area contributed by atoms with Crippen LogP contribution in [-0.2, 0) is 4.74 Å². The van der Waals surface area contributed by atoms with Crippen molar-refractivity contribution < 1.29 is 9.53 Å². The molecule has 2 N–H and O–H groups in total. The molecule has 0 aliphatic heterocycles. The van der Waals surface area contributed by atoms with Gasteiger partial charge in [0, 0.05) is 32.0 Å². The average molecular weight is 358 g/mol. The average Bonchev–Trinajstić information content (AvgIpc) is 3.12. The Hall–Kier alpha value is -2.38. The molecule has 6 nitrogen and oxygen atoms in total. The fourth-order valence-corrected chi connectivity index (χ4v) is 3.87. The highest BCUT2D eigenvalue weighted by Gasteiger charge is 2.22. The first kappa shape index (κ1) is 17.4. The van der Waals surface area contributed by atoms with Crippen molar-refractivity contribution in [3.63, 3.8) is 0 Å². The van der Waals surface area contributed by atoms with Crippen LogP contribution >= 0.6 is 11.3 Å². The second-order valence-electron chi connectivity index (χ2n) is 5.81. The molecule has 3 rings (SSSR count). The van der Waals surface area contributed by atoms with E-state index in [4.69, 9.17) is 9.72 Å². The maximum atomic E-state index is 12.1. The zero-order valence-electron chi connectivity index (χ0n) is 14.8. The Balaban J connectivity index is 2.16. The van der Waals surface area contributed by atoms with Crippen molar-refractivity contribution in [2.75, 3.05) is 32.6 Å². The first-order valence-corrected chi connectivity index (χ1v) is 8.92. The number of rotatable bonds is 6. The summed E-state index contributed by atoms with van der Waals surface area (Å²) in [4.78, 5) is 18.4. The van der Waals surface area contributed by atoms with Gasteiger partial charge in [-0.05, 0) is 19.9 Å². The Morgan fingerprint density at radius 3 is 2.84 bits per heavy atom. The monoisotopic (exact) mass is 358 g/mol. The molecule has 0 aliphatic rings. The molecule has 3 aromatic rings. The molecule has 0 saturated heterocycles. The Labute approximate surface area is 150 Å². The van der Waals surface area contributed by atoms with Crippen molar-refractivity contribution in [2.45, 2.75) is 13.8 Å². The summed E-state index contributed by atoms with van der Waals surface area (Å²) in [5, 5.41) is 6.11. The van der Waals surface area contributed by atoms with Gasteiger partial charge in [0.25, 0.3) is 5.91 Å². The Kier molecular flexibility index (Phi) is 5.06. The highest BCUT2D eigenvalue weighted by molar-refractivity contribution is 7.19. The van der Waals surface area contributed by atoms with Gasteiger partial charge >= 0.3 is 0 Å². The number of amides is 1. The summed E-state index contributed by atoms with van der Waals surface area (Å²) in [6, 6.07) is 8.26. The minimum atomic E-state index is -0.0899. The fraction of sp³-hybridized carbons (Fsp3) is 0.333. The van der Waals surface area contributed by atoms with Gasteiger partial charge < -0.3 is 15.4 Å². The summed E-state index contributed by atoms with van der Waals surface area (Å²) in [6.07, 6.45) is 0. The molecule has 0 fully saturated rings. The molecule has 0 aliphatic carbocycles. The number of ether oxygens (including phenoxy) is 1. The van der Waals surface area contributed by atoms with Crippen molar-refractivity contribution in [2.24, 2.45) is 0 Å². The number of methoxy groups -OCH3 is 1. The predicted molar refractivity (Wildman–Crippen MR) is 102 cm³/mol. The summed E-state index contributed by atoms with van der Waals surface area (Å²) in [5.41, 5.74) is 4.00. The fourth-order valence-electron chi connectivity index (χ4n) is 2.80. The summed E-state index contributed by atoms with van der Waals surface area (Å²) >= 11 is 1.40. The van der Waals surface area contributed by atoms with Crippen LogP contribution in [-0.4, -0.2) is 42.6 Å². The van der Waals surface area contributed by atoms with E-state index in [-0.39, 0.29) is 5.91 Å². The number of fused-ring (bicyclic) bond motifs is 1. The van der Waals surface area contributed by atoms with Crippen LogP contribution in [0.5, 0.6) is 0 Å². The van der Waals surface area contributed by atoms with Crippen LogP contribution in [0.2, 0.25) is 0 Å². The van der Waals surface area contributed by atoms with Crippen molar-refractivity contribution in [3.8, 4) is 11.3 Å². The van der Waals surface area contributed by atoms with Crippen LogP contribution in [0.3, 0.4) is 0 Å². The summed E-state index contributed by atoms with van der Waals surface area (Å²) in [6.45, 7) is 5.26. The van der Waals surface area contributed by atoms with E-state index in [1.165, 1.54) is 16.9 Å². The molecule has 0 radical (unpaired) electrons. The van der Waals surface area contributed by atoms with Crippen molar-refractivity contribution in [1.82, 2.24) is 14.7 Å². The predicted octanol–water partition coefficient (Wildman–Crippen LogP) is 3.10. The Morgan fingerprint density at radius 2 is 2.16 bits per heavy atom. The molecule has 132 valence electrons. The van der Waals surface area contributed by atoms with Crippen molar-refractivity contribution in [1.29, 1.82) is 0 Å². The molecule has 0 saturated carbocycles. The normalized spacial score (nSPS) is 11.0. The van der Waals surface area contributed by atoms with E-state index in [0.29, 0.717) is 18.0 Å². The van der Waals surface area contributed by atoms with Crippen molar-refractivity contribution in [3.05, 3.63) is 40.4 Å². The molecule has 0 unspecified atom stereocenters. The van der Waals surface area contributed by atoms with E-state index >= 15 is 0 Å². The number of aryl methyl sites for hydroxylation is 2. The third-order valence-electron chi connectivity index (χ3n) is 4.03. The van der Waals surface area contributed by atoms with Gasteiger partial charge in [0.05, 0.1) is 6.61 Å². The van der Waals surface area contributed by atoms with Gasteiger partial charge in [-0.25, -0.2) is 4.98 Å². The Bertz CT molecular complexity index is 913. The standard InChI is InChI=1S/C18H22N4O2S/c1-11-6-5-7-13(10-11)14-16(20-8-9-24-4)22-12(2)15(17(23)19-3)25-18(22)21-14/h5-7,10,20H,8-9H2,1-4H3,(H,19,23). The van der Waals surface area contributed by atoms with E-state index in [0.717, 1.165) is 27.7 Å². The molecule has 1 amide bonds. The smallest absolute Gasteiger partial charge is 0.263 e. The van der Waals surface area contributed by atoms with Gasteiger partial charge in [0.15, 0.2) is 4.96 Å². The first-order valence-electron chi connectivity index (χ1n) is 8.10. The van der Waals surface area contributed by atoms with E-state index in [2.05, 4.69) is 35.8 Å². The number of nitrogens with zero attached hydrogens (tertiary/aromatic N) is 2. The van der Waals surface area contributed by atoms with Gasteiger partial charge in [-0.3, -0.25) is 9.20 Å². The number of anilines is 1. The number of aromatic nitrogens is 2. The molecule has 1 aromatic carbocycles. The number of imidazole rings is 1. The van der Waals surface area contributed by atoms with E-state index in [1.807, 2.05) is 17.4 Å². The van der Waals surface area contributed by atoms with Crippen LogP contribution < -0.4 is 10.6 Å². The zero-order chi connectivity index (χ0) is 18.0. The van der Waals surface area contributed by atoms with Gasteiger partial charge in [-0.15, -0.1) is 0 Å². The number of thiazole rings is 1. The quantitative estimate of drug-likeness (QED) is 0.665. The molecule has 7 heteroatoms. The van der Waals surface area contributed by atoms with Gasteiger partial charge in [0.2, 0.25) is 0 Å². The number of carbonyl (C=O) groups excluding carboxylic acids is 1. The summed E-state index contributed by atoms with van der Waals surface area (Å²) in [7, 11) is 3.31. The van der Waals surface area contributed by atoms with E-state index in [9.17, 15) is 4.79 Å². The minimum absolute atomic E-state index is 0.0899. The number of hydrogen-bond acceptors (Lipinski definition) is 5. The molecule has 0 atom stereocenters. The SMILES string of the molecule is CNC(=O)c1sc2nc(-c3cccc(C)c3)c(NCCOC)n2c1C. The van der Waals surface area contributed by atoms with E-state index < -0.39 is 0 Å². The molecule has 0 bridgehead atoms. The maximum Gasteiger partial charge on any atom is 0.263 e. The second-order valence-corrected chi connectivity index (χ2v) is 6.79. The molecule has 0 spiro atoms. The number of carbonyl (C=O) groups is 1. The molecular formula is C18H22N4O2S. The Morgan fingerprint density at radius 1 is 1.36 bits per heavy atom. The highest BCUT2D eigenvalue weighted by Crippen LogP contribution is 2.34. The molecular weight excluding hydrogens is 336 g/mol. The third kappa shape index (κ3) is 3.25. The zero-order valence-corrected chi connectivity index (χ0v) is 15.7. The first-order chi connectivity index (χ1) is 12.1. The van der Waals surface area contributed by atoms with Crippen LogP contribution in [0, 0.1) is 13.8 Å². The lowest BCUT2D eigenvalue weighted by atomic mass is 10.1. The van der Waals surface area contributed by atoms with Crippen molar-refractivity contribution >= 4 is 28.0 Å². The number of nitrogens with one attached hydrogen (secondary N) is 2. The molecule has 2 heterocycles. The number of hydrogen-bond donors (Lipinski definition) is 2. The van der Waals surface area contributed by atoms with Crippen LogP contribution in [0.1, 0.15) is 20.9 Å². The lowest BCUT2D eigenvalue weighted by Crippen LogP contribution is -2.18. The second kappa shape index (κ2) is 7.25. The van der Waals surface area contributed by atoms with Gasteiger partial charge in [-0.1, -0.05) is 35.1 Å². The van der Waals surface area contributed by atoms with Crippen LogP contribution in [0.25, 0.3) is 16.2 Å².